The second kappa shape index (κ2) is 4.68. The van der Waals surface area contributed by atoms with Crippen molar-refractivity contribution in [3.63, 3.8) is 0 Å². The first-order valence-corrected chi connectivity index (χ1v) is 5.91. The molecule has 1 unspecified atom stereocenters. The molecule has 0 aliphatic carbocycles. The van der Waals surface area contributed by atoms with E-state index in [0.29, 0.717) is 11.6 Å². The van der Waals surface area contributed by atoms with Crippen LogP contribution < -0.4 is 11.1 Å². The van der Waals surface area contributed by atoms with Gasteiger partial charge in [-0.25, -0.2) is 9.97 Å². The van der Waals surface area contributed by atoms with E-state index >= 15 is 0 Å². The van der Waals surface area contributed by atoms with Crippen molar-refractivity contribution in [3.8, 4) is 0 Å². The van der Waals surface area contributed by atoms with Gasteiger partial charge in [-0.3, -0.25) is 0 Å². The Morgan fingerprint density at radius 3 is 2.56 bits per heavy atom. The van der Waals surface area contributed by atoms with E-state index < -0.39 is 0 Å². The lowest BCUT2D eigenvalue weighted by Gasteiger charge is -2.15. The second-order valence-electron chi connectivity index (χ2n) is 4.44. The first-order chi connectivity index (χ1) is 8.47. The van der Waals surface area contributed by atoms with Gasteiger partial charge in [-0.1, -0.05) is 0 Å². The number of hydrogen-bond acceptors (Lipinski definition) is 5. The number of rotatable bonds is 3. The Morgan fingerprint density at radius 2 is 1.94 bits per heavy atom. The van der Waals surface area contributed by atoms with Crippen molar-refractivity contribution >= 4 is 11.6 Å². The first-order valence-electron chi connectivity index (χ1n) is 5.91. The third kappa shape index (κ3) is 2.45. The van der Waals surface area contributed by atoms with Crippen LogP contribution in [0.4, 0.5) is 11.6 Å². The summed E-state index contributed by atoms with van der Waals surface area (Å²) in [6.07, 6.45) is 0. The van der Waals surface area contributed by atoms with E-state index in [4.69, 9.17) is 10.2 Å². The molecule has 96 valence electrons. The van der Waals surface area contributed by atoms with Crippen LogP contribution in [0.15, 0.2) is 16.5 Å². The van der Waals surface area contributed by atoms with Crippen LogP contribution >= 0.6 is 0 Å². The average molecular weight is 246 g/mol. The zero-order valence-electron chi connectivity index (χ0n) is 11.1. The predicted octanol–water partition coefficient (Wildman–Crippen LogP) is 2.75. The molecule has 2 aromatic heterocycles. The van der Waals surface area contributed by atoms with Crippen molar-refractivity contribution < 1.29 is 4.42 Å². The third-order valence-corrected chi connectivity index (χ3v) is 2.84. The van der Waals surface area contributed by atoms with E-state index in [0.717, 1.165) is 22.9 Å². The van der Waals surface area contributed by atoms with E-state index in [9.17, 15) is 0 Å². The fourth-order valence-corrected chi connectivity index (χ4v) is 1.75. The van der Waals surface area contributed by atoms with Crippen molar-refractivity contribution in [2.24, 2.45) is 0 Å². The highest BCUT2D eigenvalue weighted by atomic mass is 16.3. The molecule has 5 nitrogen and oxygen atoms in total. The van der Waals surface area contributed by atoms with Gasteiger partial charge < -0.3 is 15.5 Å². The van der Waals surface area contributed by atoms with E-state index in [1.807, 2.05) is 39.8 Å². The Kier molecular flexibility index (Phi) is 3.23. The predicted molar refractivity (Wildman–Crippen MR) is 71.4 cm³/mol. The van der Waals surface area contributed by atoms with Crippen molar-refractivity contribution in [1.29, 1.82) is 0 Å². The minimum atomic E-state index is 0.0334. The molecule has 5 heteroatoms. The second-order valence-corrected chi connectivity index (χ2v) is 4.44. The van der Waals surface area contributed by atoms with E-state index in [1.54, 1.807) is 0 Å². The summed E-state index contributed by atoms with van der Waals surface area (Å²) in [5.74, 6) is 3.69. The number of anilines is 2. The minimum Gasteiger partial charge on any atom is -0.464 e. The molecule has 0 spiro atoms. The molecule has 1 atom stereocenters. The first kappa shape index (κ1) is 12.4. The minimum absolute atomic E-state index is 0.0334. The molecule has 0 radical (unpaired) electrons. The van der Waals surface area contributed by atoms with Crippen LogP contribution in [0.25, 0.3) is 0 Å². The zero-order chi connectivity index (χ0) is 13.3. The lowest BCUT2D eigenvalue weighted by Crippen LogP contribution is -2.11. The van der Waals surface area contributed by atoms with Crippen LogP contribution in [0.2, 0.25) is 0 Å². The Balaban J connectivity index is 2.24. The summed E-state index contributed by atoms with van der Waals surface area (Å²) >= 11 is 0. The standard InChI is InChI=1S/C13H18N4O/c1-7-5-6-11(18-7)9(3)15-13-8(2)12(14)16-10(4)17-13/h5-6,9H,1-4H3,(H3,14,15,16,17). The molecule has 18 heavy (non-hydrogen) atoms. The molecule has 0 aliphatic heterocycles. The third-order valence-electron chi connectivity index (χ3n) is 2.84. The molecule has 3 N–H and O–H groups in total. The topological polar surface area (TPSA) is 77.0 Å². The monoisotopic (exact) mass is 246 g/mol. The summed E-state index contributed by atoms with van der Waals surface area (Å²) in [5.41, 5.74) is 6.68. The lowest BCUT2D eigenvalue weighted by molar-refractivity contribution is 0.466. The summed E-state index contributed by atoms with van der Waals surface area (Å²) in [6, 6.07) is 3.94. The van der Waals surface area contributed by atoms with Gasteiger partial charge in [0.1, 0.15) is 29.0 Å². The maximum absolute atomic E-state index is 5.83. The molecule has 2 aromatic rings. The highest BCUT2D eigenvalue weighted by Crippen LogP contribution is 2.24. The zero-order valence-corrected chi connectivity index (χ0v) is 11.1. The number of nitrogens with two attached hydrogens (primary N) is 1. The summed E-state index contributed by atoms with van der Waals surface area (Å²) < 4.78 is 5.58. The van der Waals surface area contributed by atoms with Crippen molar-refractivity contribution in [1.82, 2.24) is 9.97 Å². The molecule has 0 aromatic carbocycles. The number of nitrogen functional groups attached to an aromatic ring is 1. The average Bonchev–Trinajstić information content (AvgIpc) is 2.72. The number of furan rings is 1. The number of aryl methyl sites for hydroxylation is 2. The number of nitrogens with zero attached hydrogens (tertiary/aromatic N) is 2. The summed E-state index contributed by atoms with van der Waals surface area (Å²) in [4.78, 5) is 8.48. The quantitative estimate of drug-likeness (QED) is 0.870. The van der Waals surface area contributed by atoms with Crippen molar-refractivity contribution in [3.05, 3.63) is 35.0 Å². The molecule has 2 rings (SSSR count). The van der Waals surface area contributed by atoms with Gasteiger partial charge >= 0.3 is 0 Å². The highest BCUT2D eigenvalue weighted by Gasteiger charge is 2.13. The van der Waals surface area contributed by atoms with Gasteiger partial charge in [0.25, 0.3) is 0 Å². The largest absolute Gasteiger partial charge is 0.464 e. The Morgan fingerprint density at radius 1 is 1.22 bits per heavy atom. The Hall–Kier alpha value is -2.04. The van der Waals surface area contributed by atoms with Gasteiger partial charge in [0.05, 0.1) is 6.04 Å². The normalized spacial score (nSPS) is 12.4. The van der Waals surface area contributed by atoms with Crippen LogP contribution in [0.3, 0.4) is 0 Å². The van der Waals surface area contributed by atoms with Crippen molar-refractivity contribution in [2.45, 2.75) is 33.7 Å². The maximum Gasteiger partial charge on any atom is 0.135 e. The number of nitrogens with one attached hydrogen (secondary N) is 1. The molecule has 0 fully saturated rings. The fourth-order valence-electron chi connectivity index (χ4n) is 1.75. The molecular formula is C13H18N4O. The van der Waals surface area contributed by atoms with Crippen LogP contribution in [0, 0.1) is 20.8 Å². The van der Waals surface area contributed by atoms with Gasteiger partial charge in [-0.05, 0) is 39.8 Å². The lowest BCUT2D eigenvalue weighted by atomic mass is 10.2. The van der Waals surface area contributed by atoms with E-state index in [1.165, 1.54) is 0 Å². The Labute approximate surface area is 106 Å². The molecule has 0 saturated heterocycles. The Bertz CT molecular complexity index is 562. The maximum atomic E-state index is 5.83. The fraction of sp³-hybridized carbons (Fsp3) is 0.385. The van der Waals surface area contributed by atoms with Gasteiger partial charge in [-0.15, -0.1) is 0 Å². The summed E-state index contributed by atoms with van der Waals surface area (Å²) in [5, 5.41) is 3.30. The smallest absolute Gasteiger partial charge is 0.135 e. The summed E-state index contributed by atoms with van der Waals surface area (Å²) in [7, 11) is 0. The van der Waals surface area contributed by atoms with Crippen LogP contribution in [-0.2, 0) is 0 Å². The van der Waals surface area contributed by atoms with Crippen LogP contribution in [-0.4, -0.2) is 9.97 Å². The van der Waals surface area contributed by atoms with Gasteiger partial charge in [0.2, 0.25) is 0 Å². The summed E-state index contributed by atoms with van der Waals surface area (Å²) in [6.45, 7) is 7.67. The van der Waals surface area contributed by atoms with Crippen molar-refractivity contribution in [2.75, 3.05) is 11.1 Å². The molecule has 0 aliphatic rings. The van der Waals surface area contributed by atoms with E-state index in [2.05, 4.69) is 15.3 Å². The molecule has 0 amide bonds. The highest BCUT2D eigenvalue weighted by molar-refractivity contribution is 5.55. The SMILES string of the molecule is Cc1nc(N)c(C)c(NC(C)c2ccc(C)o2)n1. The van der Waals surface area contributed by atoms with E-state index in [-0.39, 0.29) is 6.04 Å². The van der Waals surface area contributed by atoms with Gasteiger partial charge in [0.15, 0.2) is 0 Å². The number of aromatic nitrogens is 2. The molecule has 0 bridgehead atoms. The van der Waals surface area contributed by atoms with Crippen LogP contribution in [0.5, 0.6) is 0 Å². The molecular weight excluding hydrogens is 228 g/mol. The molecule has 0 saturated carbocycles. The molecule has 2 heterocycles. The number of hydrogen-bond donors (Lipinski definition) is 2. The van der Waals surface area contributed by atoms with Gasteiger partial charge in [0, 0.05) is 5.56 Å². The van der Waals surface area contributed by atoms with Crippen LogP contribution in [0.1, 0.15) is 35.9 Å². The van der Waals surface area contributed by atoms with Gasteiger partial charge in [-0.2, -0.15) is 0 Å².